The fourth-order valence-electron chi connectivity index (χ4n) is 0.361. The molecule has 0 heterocycles. The monoisotopic (exact) mass is 248 g/mol. The predicted molar refractivity (Wildman–Crippen MR) is 63.9 cm³/mol. The van der Waals surface area contributed by atoms with E-state index in [2.05, 4.69) is 18.9 Å². The average molecular weight is 248 g/mol. The zero-order valence-corrected chi connectivity index (χ0v) is 10.6. The van der Waals surface area contributed by atoms with Crippen LogP contribution in [0.2, 0.25) is 0 Å². The molecule has 1 atom stereocenters. The fourth-order valence-corrected chi connectivity index (χ4v) is 1.08. The molecule has 6 heteroatoms. The van der Waals surface area contributed by atoms with Crippen LogP contribution in [0.3, 0.4) is 0 Å². The summed E-state index contributed by atoms with van der Waals surface area (Å²) in [6.07, 6.45) is 2.59. The predicted octanol–water partition coefficient (Wildman–Crippen LogP) is 2.18. The van der Waals surface area contributed by atoms with Crippen LogP contribution < -0.4 is 5.73 Å². The van der Waals surface area contributed by atoms with Gasteiger partial charge in [-0.1, -0.05) is 26.5 Å². The first kappa shape index (κ1) is 17.4. The highest BCUT2D eigenvalue weighted by Gasteiger charge is 2.19. The Bertz CT molecular complexity index is 241. The molecule has 0 radical (unpaired) electrons. The normalized spacial score (nSPS) is 10.1. The van der Waals surface area contributed by atoms with E-state index in [4.69, 9.17) is 9.05 Å². The molecule has 2 N–H and O–H groups in total. The Balaban J connectivity index is 0. The van der Waals surface area contributed by atoms with Gasteiger partial charge in [0.1, 0.15) is 13.2 Å². The van der Waals surface area contributed by atoms with Gasteiger partial charge in [-0.15, -0.1) is 15.6 Å². The van der Waals surface area contributed by atoms with Gasteiger partial charge in [-0.2, -0.15) is 0 Å². The number of rotatable bonds is 7. The number of carbonyl (C=O) groups excluding carboxylic acids is 1. The van der Waals surface area contributed by atoms with E-state index in [1.165, 1.54) is 6.08 Å². The summed E-state index contributed by atoms with van der Waals surface area (Å²) in [5, 5.41) is 0. The number of hydrogen-bond donors (Lipinski definition) is 1. The Hall–Kier alpha value is -1.03. The van der Waals surface area contributed by atoms with Crippen LogP contribution in [0.1, 0.15) is 13.8 Å². The zero-order valence-electron chi connectivity index (χ0n) is 9.72. The number of hydrogen-bond acceptors (Lipinski definition) is 4. The zero-order chi connectivity index (χ0) is 13.0. The summed E-state index contributed by atoms with van der Waals surface area (Å²) < 4.78 is 20.3. The van der Waals surface area contributed by atoms with E-state index in [0.717, 1.165) is 6.08 Å². The lowest BCUT2D eigenvalue weighted by molar-refractivity contribution is -0.113. The summed E-state index contributed by atoms with van der Waals surface area (Å²) in [4.78, 5) is 9.47. The van der Waals surface area contributed by atoms with Gasteiger partial charge in [0.05, 0.1) is 0 Å². The summed E-state index contributed by atoms with van der Waals surface area (Å²) >= 11 is 0. The molecule has 5 nitrogen and oxygen atoms in total. The quantitative estimate of drug-likeness (QED) is 0.425. The molecule has 0 saturated heterocycles. The Morgan fingerprint density at radius 3 is 2.25 bits per heavy atom. The van der Waals surface area contributed by atoms with Crippen LogP contribution in [0, 0.1) is 5.92 Å². The van der Waals surface area contributed by atoms with Crippen LogP contribution in [-0.2, 0) is 18.4 Å². The summed E-state index contributed by atoms with van der Waals surface area (Å²) in [5.74, 6) is -0.105. The third-order valence-electron chi connectivity index (χ3n) is 1.01. The lowest BCUT2D eigenvalue weighted by Gasteiger charge is -1.94. The van der Waals surface area contributed by atoms with Crippen molar-refractivity contribution in [1.29, 1.82) is 0 Å². The molecule has 0 spiro atoms. The molecule has 0 bridgehead atoms. The minimum absolute atomic E-state index is 0.271. The lowest BCUT2D eigenvalue weighted by atomic mass is 10.2. The molecule has 16 heavy (non-hydrogen) atoms. The summed E-state index contributed by atoms with van der Waals surface area (Å²) in [6.45, 7) is 11.2. The van der Waals surface area contributed by atoms with Gasteiger partial charge < -0.3 is 5.73 Å². The second-order valence-corrected chi connectivity index (χ2v) is 4.07. The molecular weight excluding hydrogens is 229 g/mol. The van der Waals surface area contributed by atoms with Crippen LogP contribution in [0.15, 0.2) is 25.3 Å². The largest absolute Gasteiger partial charge is 0.697 e. The van der Waals surface area contributed by atoms with Crippen molar-refractivity contribution in [2.75, 3.05) is 13.2 Å². The molecule has 0 aliphatic rings. The second-order valence-electron chi connectivity index (χ2n) is 3.10. The Morgan fingerprint density at radius 1 is 1.44 bits per heavy atom. The number of amides is 1. The summed E-state index contributed by atoms with van der Waals surface area (Å²) in [7, 11) is -1.94. The number of carbonyl (C=O) groups is 1. The van der Waals surface area contributed by atoms with Gasteiger partial charge in [0, 0.05) is 4.57 Å². The van der Waals surface area contributed by atoms with E-state index in [1.54, 1.807) is 0 Å². The molecule has 0 aromatic carbocycles. The van der Waals surface area contributed by atoms with Crippen LogP contribution >= 0.6 is 8.25 Å². The maximum atomic E-state index is 10.8. The first-order valence-electron chi connectivity index (χ1n) is 4.69. The molecule has 0 fully saturated rings. The van der Waals surface area contributed by atoms with Crippen molar-refractivity contribution in [1.82, 2.24) is 0 Å². The highest BCUT2D eigenvalue weighted by atomic mass is 31.1. The first-order chi connectivity index (χ1) is 7.43. The van der Waals surface area contributed by atoms with Gasteiger partial charge in [0.15, 0.2) is 0 Å². The molecule has 0 aliphatic heterocycles. The van der Waals surface area contributed by atoms with Crippen molar-refractivity contribution < 1.29 is 18.4 Å². The molecular formula is C10H19NO4P+. The molecule has 1 amide bonds. The summed E-state index contributed by atoms with van der Waals surface area (Å²) in [6, 6.07) is 0. The molecule has 0 aromatic rings. The van der Waals surface area contributed by atoms with Crippen molar-refractivity contribution in [3.05, 3.63) is 25.3 Å². The van der Waals surface area contributed by atoms with Gasteiger partial charge in [-0.25, -0.2) is 0 Å². The molecule has 92 valence electrons. The van der Waals surface area contributed by atoms with E-state index >= 15 is 0 Å². The fraction of sp³-hybridized carbons (Fsp3) is 0.500. The lowest BCUT2D eigenvalue weighted by Crippen LogP contribution is -2.04. The van der Waals surface area contributed by atoms with E-state index < -0.39 is 14.2 Å². The van der Waals surface area contributed by atoms with Gasteiger partial charge in [0.2, 0.25) is 5.91 Å². The van der Waals surface area contributed by atoms with Crippen LogP contribution in [0.5, 0.6) is 0 Å². The van der Waals surface area contributed by atoms with Gasteiger partial charge in [0.25, 0.3) is 0 Å². The third-order valence-corrected chi connectivity index (χ3v) is 1.73. The van der Waals surface area contributed by atoms with E-state index in [9.17, 15) is 9.36 Å². The molecule has 0 aliphatic carbocycles. The topological polar surface area (TPSA) is 78.6 Å². The van der Waals surface area contributed by atoms with Crippen molar-refractivity contribution in [2.45, 2.75) is 13.8 Å². The maximum absolute atomic E-state index is 10.8. The minimum Gasteiger partial charge on any atom is -0.366 e. The van der Waals surface area contributed by atoms with E-state index in [1.807, 2.05) is 13.8 Å². The van der Waals surface area contributed by atoms with Gasteiger partial charge >= 0.3 is 8.25 Å². The molecule has 0 saturated carbocycles. The number of primary amides is 1. The van der Waals surface area contributed by atoms with Crippen LogP contribution in [0.4, 0.5) is 0 Å². The molecule has 0 aromatic heterocycles. The van der Waals surface area contributed by atoms with Crippen molar-refractivity contribution in [3.63, 3.8) is 0 Å². The number of nitrogens with two attached hydrogens (primary N) is 1. The van der Waals surface area contributed by atoms with Gasteiger partial charge in [-0.05, 0) is 12.0 Å². The van der Waals surface area contributed by atoms with E-state index in [-0.39, 0.29) is 6.61 Å². The SMILES string of the molecule is C=CC(N)=O.C=CCO[P+](=O)OCC(C)C. The molecule has 0 rings (SSSR count). The van der Waals surface area contributed by atoms with Crippen molar-refractivity contribution >= 4 is 14.2 Å². The third kappa shape index (κ3) is 18.7. The smallest absolute Gasteiger partial charge is 0.366 e. The van der Waals surface area contributed by atoms with Crippen LogP contribution in [0.25, 0.3) is 0 Å². The first-order valence-corrected chi connectivity index (χ1v) is 5.79. The molecule has 1 unspecified atom stereocenters. The van der Waals surface area contributed by atoms with E-state index in [0.29, 0.717) is 12.5 Å². The Morgan fingerprint density at radius 2 is 1.94 bits per heavy atom. The Labute approximate surface area is 97.3 Å². The van der Waals surface area contributed by atoms with Crippen LogP contribution in [-0.4, -0.2) is 19.1 Å². The highest BCUT2D eigenvalue weighted by Crippen LogP contribution is 2.23. The van der Waals surface area contributed by atoms with Gasteiger partial charge in [-0.3, -0.25) is 4.79 Å². The maximum Gasteiger partial charge on any atom is 0.697 e. The second kappa shape index (κ2) is 12.0. The average Bonchev–Trinajstić information content (AvgIpc) is 2.24. The van der Waals surface area contributed by atoms with Crippen molar-refractivity contribution in [3.8, 4) is 0 Å². The minimum atomic E-state index is -1.94. The summed E-state index contributed by atoms with van der Waals surface area (Å²) in [5.41, 5.74) is 4.53. The highest BCUT2D eigenvalue weighted by molar-refractivity contribution is 7.33. The van der Waals surface area contributed by atoms with Crippen molar-refractivity contribution in [2.24, 2.45) is 11.7 Å². The Kier molecular flexibility index (Phi) is 13.1. The standard InChI is InChI=1S/C7H14O3P.C3H5NO/c1-4-5-9-11(8)10-6-7(2)3;1-2-3(4)5/h4,7H,1,5-6H2,2-3H3;2H,1H2,(H2,4,5)/q+1;.